The van der Waals surface area contributed by atoms with Gasteiger partial charge >= 0.3 is 10.1 Å². The van der Waals surface area contributed by atoms with Crippen molar-refractivity contribution in [1.29, 1.82) is 0 Å². The van der Waals surface area contributed by atoms with Crippen molar-refractivity contribution in [3.8, 4) is 0 Å². The van der Waals surface area contributed by atoms with Crippen LogP contribution in [-0.4, -0.2) is 23.8 Å². The third-order valence-corrected chi connectivity index (χ3v) is 5.81. The third-order valence-electron chi connectivity index (χ3n) is 4.65. The van der Waals surface area contributed by atoms with Gasteiger partial charge in [-0.1, -0.05) is 45.1 Å². The predicted octanol–water partition coefficient (Wildman–Crippen LogP) is 4.35. The van der Waals surface area contributed by atoms with Crippen LogP contribution < -0.4 is 9.84 Å². The third kappa shape index (κ3) is 8.01. The second-order valence-electron chi connectivity index (χ2n) is 7.38. The molecular weight excluding hydrogens is 420 g/mol. The van der Waals surface area contributed by atoms with E-state index < -0.39 is 20.6 Å². The lowest BCUT2D eigenvalue weighted by Crippen LogP contribution is -2.33. The number of nitro benzene ring substituents is 1. The van der Waals surface area contributed by atoms with Crippen LogP contribution in [0.5, 0.6) is 0 Å². The summed E-state index contributed by atoms with van der Waals surface area (Å²) in [5.41, 5.74) is 0.945. The second kappa shape index (κ2) is 11.5. The fourth-order valence-corrected chi connectivity index (χ4v) is 4.03. The van der Waals surface area contributed by atoms with E-state index in [2.05, 4.69) is 6.92 Å². The van der Waals surface area contributed by atoms with E-state index in [1.165, 1.54) is 24.3 Å². The van der Waals surface area contributed by atoms with Gasteiger partial charge in [-0.2, -0.15) is 8.42 Å². The molecule has 0 atom stereocenters. The van der Waals surface area contributed by atoms with Gasteiger partial charge in [0.2, 0.25) is 0 Å². The Morgan fingerprint density at radius 1 is 1.03 bits per heavy atom. The van der Waals surface area contributed by atoms with Gasteiger partial charge in [0.25, 0.3) is 11.2 Å². The van der Waals surface area contributed by atoms with Gasteiger partial charge < -0.3 is 0 Å². The molecule has 31 heavy (non-hydrogen) atoms. The molecule has 168 valence electrons. The molecule has 0 saturated heterocycles. The average molecular weight is 449 g/mol. The van der Waals surface area contributed by atoms with Gasteiger partial charge in [0.1, 0.15) is 0 Å². The largest absolute Gasteiger partial charge is 0.327 e. The summed E-state index contributed by atoms with van der Waals surface area (Å²) in [6.45, 7) is 3.84. The molecule has 9 heteroatoms. The van der Waals surface area contributed by atoms with Gasteiger partial charge in [0.15, 0.2) is 0 Å². The summed E-state index contributed by atoms with van der Waals surface area (Å²) < 4.78 is 30.7. The van der Waals surface area contributed by atoms with Crippen molar-refractivity contribution < 1.29 is 17.6 Å². The number of non-ortho nitro benzene ring substituents is 1. The monoisotopic (exact) mass is 448 g/mol. The lowest BCUT2D eigenvalue weighted by Gasteiger charge is -2.12. The smallest absolute Gasteiger partial charge is 0.284 e. The highest BCUT2D eigenvalue weighted by atomic mass is 32.2. The Bertz CT molecular complexity index is 1070. The highest BCUT2D eigenvalue weighted by molar-refractivity contribution is 7.86. The molecule has 0 aliphatic rings. The maximum Gasteiger partial charge on any atom is 0.327 e. The van der Waals surface area contributed by atoms with Gasteiger partial charge in [0, 0.05) is 18.2 Å². The number of nitrogens with zero attached hydrogens (tertiary/aromatic N) is 2. The number of nitro groups is 1. The van der Waals surface area contributed by atoms with Gasteiger partial charge in [-0.15, -0.1) is 4.73 Å². The minimum atomic E-state index is -3.93. The van der Waals surface area contributed by atoms with Crippen LogP contribution in [0.25, 0.3) is 12.2 Å². The average Bonchev–Trinajstić information content (AvgIpc) is 2.71. The Labute approximate surface area is 182 Å². The minimum absolute atomic E-state index is 0.0336. The molecule has 0 radical (unpaired) electrons. The molecule has 0 aliphatic carbocycles. The zero-order valence-electron chi connectivity index (χ0n) is 17.8. The molecule has 0 amide bonds. The number of rotatable bonds is 12. The highest BCUT2D eigenvalue weighted by Crippen LogP contribution is 2.15. The molecule has 1 aromatic heterocycles. The van der Waals surface area contributed by atoms with E-state index in [1.807, 2.05) is 0 Å². The van der Waals surface area contributed by atoms with Crippen molar-refractivity contribution in [2.75, 3.05) is 5.75 Å². The first-order valence-electron chi connectivity index (χ1n) is 10.3. The topological polar surface area (TPSA) is 109 Å². The van der Waals surface area contributed by atoms with Crippen LogP contribution in [0.15, 0.2) is 41.2 Å². The lowest BCUT2D eigenvalue weighted by molar-refractivity contribution is -0.384. The summed E-state index contributed by atoms with van der Waals surface area (Å²) in [6, 6.07) is 8.77. The van der Waals surface area contributed by atoms with E-state index in [9.17, 15) is 23.3 Å². The number of aryl methyl sites for hydroxylation is 1. The Balaban J connectivity index is 2.15. The van der Waals surface area contributed by atoms with E-state index in [-0.39, 0.29) is 17.1 Å². The molecule has 1 heterocycles. The number of hydrogen-bond acceptors (Lipinski definition) is 6. The molecule has 8 nitrogen and oxygen atoms in total. The Hall–Kier alpha value is -2.94. The van der Waals surface area contributed by atoms with Crippen molar-refractivity contribution >= 4 is 28.0 Å². The Morgan fingerprint density at radius 2 is 1.68 bits per heavy atom. The molecule has 1 aromatic carbocycles. The van der Waals surface area contributed by atoms with E-state index in [1.54, 1.807) is 31.2 Å². The van der Waals surface area contributed by atoms with E-state index in [4.69, 9.17) is 4.28 Å². The quantitative estimate of drug-likeness (QED) is 0.271. The summed E-state index contributed by atoms with van der Waals surface area (Å²) in [5, 5.41) is 10.8. The fourth-order valence-electron chi connectivity index (χ4n) is 3.01. The maximum atomic E-state index is 12.4. The number of aromatic nitrogens is 1. The minimum Gasteiger partial charge on any atom is -0.284 e. The number of pyridine rings is 1. The highest BCUT2D eigenvalue weighted by Gasteiger charge is 2.16. The molecule has 0 bridgehead atoms. The summed E-state index contributed by atoms with van der Waals surface area (Å²) >= 11 is 0. The summed E-state index contributed by atoms with van der Waals surface area (Å²) in [4.78, 5) is 22.7. The SMILES string of the molecule is CCCCCCCCS(=O)(=O)On1c(/C=C/c2ccc([N+](=O)[O-])cc2)cc(C)cc1=O. The Morgan fingerprint density at radius 3 is 2.32 bits per heavy atom. The van der Waals surface area contributed by atoms with Crippen molar-refractivity contribution in [2.45, 2.75) is 52.4 Å². The molecule has 2 aromatic rings. The predicted molar refractivity (Wildman–Crippen MR) is 121 cm³/mol. The molecule has 0 aliphatic heterocycles. The normalized spacial score (nSPS) is 11.7. The van der Waals surface area contributed by atoms with Crippen LogP contribution in [-0.2, 0) is 10.1 Å². The maximum absolute atomic E-state index is 12.4. The molecular formula is C22H28N2O6S. The van der Waals surface area contributed by atoms with Crippen LogP contribution in [0.3, 0.4) is 0 Å². The van der Waals surface area contributed by atoms with Crippen molar-refractivity contribution in [1.82, 2.24) is 4.73 Å². The van der Waals surface area contributed by atoms with Gasteiger partial charge in [0.05, 0.1) is 16.4 Å². The number of unbranched alkanes of at least 4 members (excludes halogenated alkanes) is 5. The summed E-state index contributed by atoms with van der Waals surface area (Å²) in [5.74, 6) is -0.162. The standard InChI is InChI=1S/C22H28N2O6S/c1-3-4-5-6-7-8-15-31(28,29)30-23-21(16-18(2)17-22(23)25)14-11-19-9-12-20(13-10-19)24(26)27/h9-14,16-17H,3-8,15H2,1-2H3/b14-11+. The van der Waals surface area contributed by atoms with Crippen molar-refractivity contribution in [3.05, 3.63) is 73.7 Å². The summed E-state index contributed by atoms with van der Waals surface area (Å²) in [6.07, 6.45) is 8.72. The fraction of sp³-hybridized carbons (Fsp3) is 0.409. The molecule has 0 spiro atoms. The molecule has 2 rings (SSSR count). The van der Waals surface area contributed by atoms with Gasteiger partial charge in [-0.3, -0.25) is 19.2 Å². The molecule has 0 N–H and O–H groups in total. The van der Waals surface area contributed by atoms with Crippen molar-refractivity contribution in [3.63, 3.8) is 0 Å². The van der Waals surface area contributed by atoms with Crippen LogP contribution in [0.2, 0.25) is 0 Å². The number of benzene rings is 1. The zero-order valence-corrected chi connectivity index (χ0v) is 18.6. The van der Waals surface area contributed by atoms with Crippen LogP contribution >= 0.6 is 0 Å². The molecule has 0 fully saturated rings. The summed E-state index contributed by atoms with van der Waals surface area (Å²) in [7, 11) is -3.93. The van der Waals surface area contributed by atoms with Crippen LogP contribution in [0.1, 0.15) is 62.3 Å². The Kier molecular flexibility index (Phi) is 8.99. The first-order valence-corrected chi connectivity index (χ1v) is 11.9. The first kappa shape index (κ1) is 24.3. The van der Waals surface area contributed by atoms with Crippen LogP contribution in [0.4, 0.5) is 5.69 Å². The second-order valence-corrected chi connectivity index (χ2v) is 9.05. The molecule has 0 saturated carbocycles. The van der Waals surface area contributed by atoms with Crippen molar-refractivity contribution in [2.24, 2.45) is 0 Å². The van der Waals surface area contributed by atoms with Gasteiger partial charge in [-0.05, 0) is 48.7 Å². The van der Waals surface area contributed by atoms with E-state index in [0.29, 0.717) is 17.5 Å². The van der Waals surface area contributed by atoms with Crippen LogP contribution in [0, 0.1) is 17.0 Å². The van der Waals surface area contributed by atoms with Gasteiger partial charge in [-0.25, -0.2) is 0 Å². The van der Waals surface area contributed by atoms with E-state index >= 15 is 0 Å². The van der Waals surface area contributed by atoms with E-state index in [0.717, 1.165) is 36.8 Å². The number of hydrogen-bond donors (Lipinski definition) is 0. The first-order chi connectivity index (χ1) is 14.7. The zero-order chi connectivity index (χ0) is 22.9. The molecule has 0 unspecified atom stereocenters. The lowest BCUT2D eigenvalue weighted by atomic mass is 10.1.